The molecule has 4 rings (SSSR count). The molecule has 0 unspecified atom stereocenters. The van der Waals surface area contributed by atoms with Crippen molar-refractivity contribution in [2.24, 2.45) is 0 Å². The molecule has 0 saturated carbocycles. The molecule has 5 nitrogen and oxygen atoms in total. The lowest BCUT2D eigenvalue weighted by molar-refractivity contribution is -0.119. The van der Waals surface area contributed by atoms with Crippen LogP contribution >= 0.6 is 0 Å². The highest BCUT2D eigenvalue weighted by atomic mass is 16.5. The summed E-state index contributed by atoms with van der Waals surface area (Å²) in [5, 5.41) is 14.2. The highest BCUT2D eigenvalue weighted by Gasteiger charge is 2.11. The summed E-state index contributed by atoms with van der Waals surface area (Å²) in [6.45, 7) is -0.370. The number of carbonyl (C=O) groups excluding carboxylic acids is 2. The monoisotopic (exact) mass is 397 g/mol. The van der Waals surface area contributed by atoms with Gasteiger partial charge in [0.2, 0.25) is 0 Å². The quantitative estimate of drug-likeness (QED) is 0.464. The van der Waals surface area contributed by atoms with Gasteiger partial charge in [-0.3, -0.25) is 4.79 Å². The number of carbonyl (C=O) groups is 2. The maximum atomic E-state index is 12.2. The first-order valence-corrected chi connectivity index (χ1v) is 9.44. The minimum atomic E-state index is -0.569. The highest BCUT2D eigenvalue weighted by Crippen LogP contribution is 2.22. The first kappa shape index (κ1) is 19.2. The van der Waals surface area contributed by atoms with Crippen molar-refractivity contribution in [1.82, 2.24) is 0 Å². The largest absolute Gasteiger partial charge is 0.508 e. The zero-order chi connectivity index (χ0) is 20.9. The summed E-state index contributed by atoms with van der Waals surface area (Å²) in [5.74, 6) is -0.777. The third kappa shape index (κ3) is 4.47. The van der Waals surface area contributed by atoms with Gasteiger partial charge in [-0.2, -0.15) is 0 Å². The predicted molar refractivity (Wildman–Crippen MR) is 116 cm³/mol. The third-order valence-corrected chi connectivity index (χ3v) is 4.69. The molecule has 0 aliphatic rings. The number of rotatable bonds is 5. The number of nitrogens with one attached hydrogen (secondary N) is 1. The number of esters is 1. The number of phenolic OH excluding ortho intramolecular Hbond substituents is 1. The first-order valence-electron chi connectivity index (χ1n) is 9.44. The molecule has 0 aromatic heterocycles. The van der Waals surface area contributed by atoms with Crippen molar-refractivity contribution in [3.63, 3.8) is 0 Å². The van der Waals surface area contributed by atoms with Gasteiger partial charge in [-0.25, -0.2) is 4.79 Å². The predicted octanol–water partition coefficient (Wildman–Crippen LogP) is 5.01. The van der Waals surface area contributed by atoms with E-state index in [4.69, 9.17) is 4.74 Å². The standard InChI is InChI=1S/C25H19NO4/c27-23-13-10-19(11-14-23)18-5-7-20(8-6-18)25(29)30-16-24(28)26-22-12-9-17-3-1-2-4-21(17)15-22/h1-15,27H,16H2,(H,26,28). The fourth-order valence-electron chi connectivity index (χ4n) is 3.13. The second-order valence-electron chi connectivity index (χ2n) is 6.81. The minimum absolute atomic E-state index is 0.195. The Bertz CT molecular complexity index is 1200. The topological polar surface area (TPSA) is 75.6 Å². The average molecular weight is 397 g/mol. The summed E-state index contributed by atoms with van der Waals surface area (Å²) in [7, 11) is 0. The number of amides is 1. The number of anilines is 1. The van der Waals surface area contributed by atoms with Gasteiger partial charge in [-0.15, -0.1) is 0 Å². The third-order valence-electron chi connectivity index (χ3n) is 4.69. The Hall–Kier alpha value is -4.12. The van der Waals surface area contributed by atoms with Crippen molar-refractivity contribution in [2.45, 2.75) is 0 Å². The lowest BCUT2D eigenvalue weighted by Crippen LogP contribution is -2.20. The Morgan fingerprint density at radius 3 is 2.10 bits per heavy atom. The first-order chi connectivity index (χ1) is 14.6. The van der Waals surface area contributed by atoms with E-state index in [9.17, 15) is 14.7 Å². The molecular formula is C25H19NO4. The number of fused-ring (bicyclic) bond motifs is 1. The lowest BCUT2D eigenvalue weighted by atomic mass is 10.0. The molecule has 0 fully saturated rings. The summed E-state index contributed by atoms with van der Waals surface area (Å²) < 4.78 is 5.13. The van der Waals surface area contributed by atoms with Crippen LogP contribution in [-0.4, -0.2) is 23.6 Å². The maximum Gasteiger partial charge on any atom is 0.338 e. The van der Waals surface area contributed by atoms with Crippen molar-refractivity contribution in [3.8, 4) is 16.9 Å². The molecule has 5 heteroatoms. The fraction of sp³-hybridized carbons (Fsp3) is 0.0400. The number of hydrogen-bond acceptors (Lipinski definition) is 4. The highest BCUT2D eigenvalue weighted by molar-refractivity contribution is 5.97. The molecule has 0 radical (unpaired) electrons. The number of ether oxygens (including phenoxy) is 1. The summed E-state index contributed by atoms with van der Waals surface area (Å²) >= 11 is 0. The van der Waals surface area contributed by atoms with Gasteiger partial charge in [-0.1, -0.05) is 54.6 Å². The van der Waals surface area contributed by atoms with E-state index in [-0.39, 0.29) is 12.4 Å². The minimum Gasteiger partial charge on any atom is -0.508 e. The number of hydrogen-bond donors (Lipinski definition) is 2. The van der Waals surface area contributed by atoms with Crippen LogP contribution in [0.3, 0.4) is 0 Å². The summed E-state index contributed by atoms with van der Waals surface area (Å²) in [4.78, 5) is 24.4. The van der Waals surface area contributed by atoms with E-state index in [1.54, 1.807) is 48.5 Å². The summed E-state index contributed by atoms with van der Waals surface area (Å²) in [6.07, 6.45) is 0. The van der Waals surface area contributed by atoms with E-state index < -0.39 is 11.9 Å². The van der Waals surface area contributed by atoms with Gasteiger partial charge in [0.1, 0.15) is 5.75 Å². The number of benzene rings is 4. The number of phenols is 1. The van der Waals surface area contributed by atoms with Crippen LogP contribution in [0.5, 0.6) is 5.75 Å². The molecule has 0 bridgehead atoms. The van der Waals surface area contributed by atoms with E-state index in [0.29, 0.717) is 11.3 Å². The van der Waals surface area contributed by atoms with Crippen molar-refractivity contribution in [1.29, 1.82) is 0 Å². The van der Waals surface area contributed by atoms with E-state index in [2.05, 4.69) is 5.32 Å². The van der Waals surface area contributed by atoms with Crippen molar-refractivity contribution in [3.05, 3.63) is 96.6 Å². The van der Waals surface area contributed by atoms with Crippen molar-refractivity contribution >= 4 is 28.3 Å². The van der Waals surface area contributed by atoms with Crippen LogP contribution in [-0.2, 0) is 9.53 Å². The molecular weight excluding hydrogens is 378 g/mol. The number of aromatic hydroxyl groups is 1. The van der Waals surface area contributed by atoms with Crippen LogP contribution in [0.1, 0.15) is 10.4 Å². The molecule has 0 atom stereocenters. The Morgan fingerprint density at radius 1 is 0.767 bits per heavy atom. The molecule has 0 heterocycles. The molecule has 0 spiro atoms. The molecule has 0 aliphatic carbocycles. The van der Waals surface area contributed by atoms with E-state index >= 15 is 0 Å². The average Bonchev–Trinajstić information content (AvgIpc) is 2.78. The molecule has 4 aromatic rings. The maximum absolute atomic E-state index is 12.2. The van der Waals surface area contributed by atoms with E-state index in [1.807, 2.05) is 42.5 Å². The summed E-state index contributed by atoms with van der Waals surface area (Å²) in [6, 6.07) is 27.1. The van der Waals surface area contributed by atoms with Gasteiger partial charge < -0.3 is 15.2 Å². The van der Waals surface area contributed by atoms with Gasteiger partial charge in [0.05, 0.1) is 5.56 Å². The van der Waals surface area contributed by atoms with Gasteiger partial charge in [0.15, 0.2) is 6.61 Å². The molecule has 0 aliphatic heterocycles. The second kappa shape index (κ2) is 8.49. The second-order valence-corrected chi connectivity index (χ2v) is 6.81. The molecule has 30 heavy (non-hydrogen) atoms. The van der Waals surface area contributed by atoms with Crippen molar-refractivity contribution < 1.29 is 19.4 Å². The fourth-order valence-corrected chi connectivity index (χ4v) is 3.13. The Morgan fingerprint density at radius 2 is 1.40 bits per heavy atom. The molecule has 2 N–H and O–H groups in total. The van der Waals surface area contributed by atoms with Crippen LogP contribution in [0, 0.1) is 0 Å². The van der Waals surface area contributed by atoms with E-state index in [0.717, 1.165) is 21.9 Å². The van der Waals surface area contributed by atoms with Gasteiger partial charge in [0.25, 0.3) is 5.91 Å². The van der Waals surface area contributed by atoms with E-state index in [1.165, 1.54) is 0 Å². The van der Waals surface area contributed by atoms with Gasteiger partial charge in [-0.05, 0) is 58.3 Å². The SMILES string of the molecule is O=C(COC(=O)c1ccc(-c2ccc(O)cc2)cc1)Nc1ccc2ccccc2c1. The van der Waals surface area contributed by atoms with Gasteiger partial charge in [0, 0.05) is 5.69 Å². The van der Waals surface area contributed by atoms with Crippen LogP contribution in [0.4, 0.5) is 5.69 Å². The van der Waals surface area contributed by atoms with Crippen LogP contribution in [0.25, 0.3) is 21.9 Å². The molecule has 0 saturated heterocycles. The van der Waals surface area contributed by atoms with Crippen molar-refractivity contribution in [2.75, 3.05) is 11.9 Å². The lowest BCUT2D eigenvalue weighted by Gasteiger charge is -2.08. The Balaban J connectivity index is 1.34. The van der Waals surface area contributed by atoms with Crippen LogP contribution < -0.4 is 5.32 Å². The van der Waals surface area contributed by atoms with Crippen LogP contribution in [0.2, 0.25) is 0 Å². The smallest absolute Gasteiger partial charge is 0.338 e. The molecule has 4 aromatic carbocycles. The molecule has 1 amide bonds. The zero-order valence-electron chi connectivity index (χ0n) is 16.0. The Labute approximate surface area is 173 Å². The van der Waals surface area contributed by atoms with Gasteiger partial charge >= 0.3 is 5.97 Å². The summed E-state index contributed by atoms with van der Waals surface area (Å²) in [5.41, 5.74) is 2.83. The Kier molecular flexibility index (Phi) is 5.44. The van der Waals surface area contributed by atoms with Crippen LogP contribution in [0.15, 0.2) is 91.0 Å². The normalized spacial score (nSPS) is 10.5. The zero-order valence-corrected chi connectivity index (χ0v) is 16.0. The molecule has 148 valence electrons.